The van der Waals surface area contributed by atoms with Crippen LogP contribution in [-0.2, 0) is 18.4 Å². The van der Waals surface area contributed by atoms with E-state index in [-0.39, 0.29) is 17.6 Å². The van der Waals surface area contributed by atoms with Gasteiger partial charge in [0.15, 0.2) is 0 Å². The summed E-state index contributed by atoms with van der Waals surface area (Å²) in [5.41, 5.74) is 0.824. The third kappa shape index (κ3) is 3.78. The van der Waals surface area contributed by atoms with Crippen LogP contribution in [0.1, 0.15) is 11.5 Å². The molecule has 0 aliphatic carbocycles. The standard InChI is InChI=1S/C12H11BrN4O4/c1-16-10(9(13)6-15-16)7-14-11(18)4-2-8-3-5-12(21-8)17(19)20/h2-6H,7H2,1H3,(H,14,18)/b4-2+. The van der Waals surface area contributed by atoms with Gasteiger partial charge in [-0.15, -0.1) is 0 Å². The molecule has 0 saturated heterocycles. The van der Waals surface area contributed by atoms with Crippen molar-refractivity contribution in [1.29, 1.82) is 0 Å². The Bertz CT molecular complexity index is 684. The molecule has 0 spiro atoms. The molecule has 0 bridgehead atoms. The van der Waals surface area contributed by atoms with E-state index in [1.807, 2.05) is 0 Å². The van der Waals surface area contributed by atoms with Crippen LogP contribution in [0.15, 0.2) is 33.3 Å². The van der Waals surface area contributed by atoms with Crippen LogP contribution in [0.25, 0.3) is 6.08 Å². The number of furan rings is 1. The van der Waals surface area contributed by atoms with Crippen molar-refractivity contribution in [2.75, 3.05) is 0 Å². The molecule has 0 aromatic carbocycles. The number of hydrogen-bond donors (Lipinski definition) is 1. The second kappa shape index (κ2) is 6.35. The summed E-state index contributed by atoms with van der Waals surface area (Å²) in [6, 6.07) is 2.64. The Morgan fingerprint density at radius 3 is 2.95 bits per heavy atom. The van der Waals surface area contributed by atoms with E-state index in [1.165, 1.54) is 24.3 Å². The largest absolute Gasteiger partial charge is 0.433 e. The van der Waals surface area contributed by atoms with Gasteiger partial charge in [-0.1, -0.05) is 0 Å². The van der Waals surface area contributed by atoms with Gasteiger partial charge in [0.05, 0.1) is 29.0 Å². The summed E-state index contributed by atoms with van der Waals surface area (Å²) in [6.07, 6.45) is 4.24. The number of nitrogens with one attached hydrogen (secondary N) is 1. The number of halogens is 1. The fraction of sp³-hybridized carbons (Fsp3) is 0.167. The van der Waals surface area contributed by atoms with Crippen LogP contribution in [0.4, 0.5) is 5.88 Å². The molecule has 0 aliphatic heterocycles. The van der Waals surface area contributed by atoms with Crippen molar-refractivity contribution in [3.8, 4) is 0 Å². The predicted molar refractivity (Wildman–Crippen MR) is 77.2 cm³/mol. The lowest BCUT2D eigenvalue weighted by molar-refractivity contribution is -0.402. The Labute approximate surface area is 127 Å². The average molecular weight is 355 g/mol. The first kappa shape index (κ1) is 15.0. The molecule has 9 heteroatoms. The zero-order valence-electron chi connectivity index (χ0n) is 10.9. The third-order valence-corrected chi connectivity index (χ3v) is 3.29. The lowest BCUT2D eigenvalue weighted by atomic mass is 10.3. The van der Waals surface area contributed by atoms with Crippen LogP contribution in [0.5, 0.6) is 0 Å². The molecule has 21 heavy (non-hydrogen) atoms. The predicted octanol–water partition coefficient (Wildman–Crippen LogP) is 2.01. The van der Waals surface area contributed by atoms with E-state index in [4.69, 9.17) is 4.42 Å². The van der Waals surface area contributed by atoms with E-state index in [0.717, 1.165) is 10.2 Å². The molecule has 1 amide bonds. The smallest absolute Gasteiger partial charge is 0.401 e. The van der Waals surface area contributed by atoms with Gasteiger partial charge < -0.3 is 9.73 Å². The molecule has 0 atom stereocenters. The van der Waals surface area contributed by atoms with Crippen molar-refractivity contribution in [1.82, 2.24) is 15.1 Å². The normalized spacial score (nSPS) is 11.0. The Kier molecular flexibility index (Phi) is 4.53. The zero-order chi connectivity index (χ0) is 15.4. The summed E-state index contributed by atoms with van der Waals surface area (Å²) < 4.78 is 7.34. The fourth-order valence-corrected chi connectivity index (χ4v) is 2.04. The summed E-state index contributed by atoms with van der Waals surface area (Å²) in [4.78, 5) is 21.5. The van der Waals surface area contributed by atoms with Crippen molar-refractivity contribution in [3.05, 3.63) is 50.4 Å². The van der Waals surface area contributed by atoms with Crippen molar-refractivity contribution < 1.29 is 14.1 Å². The Morgan fingerprint density at radius 2 is 2.38 bits per heavy atom. The molecule has 110 valence electrons. The van der Waals surface area contributed by atoms with Crippen LogP contribution in [0, 0.1) is 10.1 Å². The molecule has 2 heterocycles. The summed E-state index contributed by atoms with van der Waals surface area (Å²) in [6.45, 7) is 0.304. The first-order chi connectivity index (χ1) is 9.97. The molecule has 0 aliphatic rings. The molecule has 8 nitrogen and oxygen atoms in total. The summed E-state index contributed by atoms with van der Waals surface area (Å²) in [7, 11) is 1.77. The summed E-state index contributed by atoms with van der Waals surface area (Å²) >= 11 is 3.33. The SMILES string of the molecule is Cn1ncc(Br)c1CNC(=O)/C=C/c1ccc([N+](=O)[O-])o1. The van der Waals surface area contributed by atoms with Gasteiger partial charge in [-0.2, -0.15) is 5.10 Å². The monoisotopic (exact) mass is 354 g/mol. The number of nitro groups is 1. The van der Waals surface area contributed by atoms with Gasteiger partial charge in [-0.3, -0.25) is 19.6 Å². The van der Waals surface area contributed by atoms with E-state index in [9.17, 15) is 14.9 Å². The van der Waals surface area contributed by atoms with Gasteiger partial charge in [-0.25, -0.2) is 0 Å². The van der Waals surface area contributed by atoms with Gasteiger partial charge in [0.25, 0.3) is 0 Å². The molecular formula is C12H11BrN4O4. The Balaban J connectivity index is 1.92. The van der Waals surface area contributed by atoms with Crippen molar-refractivity contribution in [3.63, 3.8) is 0 Å². The van der Waals surface area contributed by atoms with Gasteiger partial charge >= 0.3 is 5.88 Å². The molecule has 0 saturated carbocycles. The molecule has 2 aromatic heterocycles. The molecule has 0 fully saturated rings. The van der Waals surface area contributed by atoms with Crippen LogP contribution in [-0.4, -0.2) is 20.6 Å². The first-order valence-electron chi connectivity index (χ1n) is 5.84. The summed E-state index contributed by atoms with van der Waals surface area (Å²) in [5.74, 6) is -0.477. The van der Waals surface area contributed by atoms with Crippen molar-refractivity contribution in [2.45, 2.75) is 6.54 Å². The van der Waals surface area contributed by atoms with Crippen LogP contribution in [0.3, 0.4) is 0 Å². The van der Waals surface area contributed by atoms with Gasteiger partial charge in [-0.05, 0) is 28.1 Å². The second-order valence-corrected chi connectivity index (χ2v) is 4.90. The number of rotatable bonds is 5. The minimum Gasteiger partial charge on any atom is -0.401 e. The van der Waals surface area contributed by atoms with E-state index < -0.39 is 4.92 Å². The highest BCUT2D eigenvalue weighted by Crippen LogP contribution is 2.17. The quantitative estimate of drug-likeness (QED) is 0.502. The highest BCUT2D eigenvalue weighted by molar-refractivity contribution is 9.10. The number of amides is 1. The fourth-order valence-electron chi connectivity index (χ4n) is 1.55. The van der Waals surface area contributed by atoms with Crippen molar-refractivity contribution in [2.24, 2.45) is 7.05 Å². The van der Waals surface area contributed by atoms with Gasteiger partial charge in [0, 0.05) is 13.1 Å². The maximum Gasteiger partial charge on any atom is 0.433 e. The average Bonchev–Trinajstić information content (AvgIpc) is 3.03. The minimum absolute atomic E-state index is 0.235. The third-order valence-electron chi connectivity index (χ3n) is 2.63. The number of aryl methyl sites for hydroxylation is 1. The Hall–Kier alpha value is -2.42. The minimum atomic E-state index is -0.642. The Morgan fingerprint density at radius 1 is 1.62 bits per heavy atom. The van der Waals surface area contributed by atoms with E-state index in [2.05, 4.69) is 26.3 Å². The van der Waals surface area contributed by atoms with Crippen LogP contribution >= 0.6 is 15.9 Å². The first-order valence-corrected chi connectivity index (χ1v) is 6.63. The lowest BCUT2D eigenvalue weighted by Gasteiger charge is -2.03. The van der Waals surface area contributed by atoms with E-state index >= 15 is 0 Å². The number of carbonyl (C=O) groups excluding carboxylic acids is 1. The lowest BCUT2D eigenvalue weighted by Crippen LogP contribution is -2.22. The highest BCUT2D eigenvalue weighted by Gasteiger charge is 2.10. The van der Waals surface area contributed by atoms with Gasteiger partial charge in [0.2, 0.25) is 5.91 Å². The zero-order valence-corrected chi connectivity index (χ0v) is 12.5. The van der Waals surface area contributed by atoms with Gasteiger partial charge in [0.1, 0.15) is 10.7 Å². The number of carbonyl (C=O) groups is 1. The maximum atomic E-state index is 11.7. The topological polar surface area (TPSA) is 103 Å². The number of nitrogens with zero attached hydrogens (tertiary/aromatic N) is 3. The summed E-state index contributed by atoms with van der Waals surface area (Å²) in [5, 5.41) is 17.1. The highest BCUT2D eigenvalue weighted by atomic mass is 79.9. The number of aromatic nitrogens is 2. The van der Waals surface area contributed by atoms with E-state index in [0.29, 0.717) is 6.54 Å². The molecule has 1 N–H and O–H groups in total. The maximum absolute atomic E-state index is 11.7. The molecule has 0 unspecified atom stereocenters. The second-order valence-electron chi connectivity index (χ2n) is 4.05. The van der Waals surface area contributed by atoms with Crippen molar-refractivity contribution >= 4 is 33.8 Å². The molecule has 2 aromatic rings. The molecular weight excluding hydrogens is 344 g/mol. The number of hydrogen-bond acceptors (Lipinski definition) is 5. The van der Waals surface area contributed by atoms with Crippen LogP contribution < -0.4 is 5.32 Å². The van der Waals surface area contributed by atoms with Crippen LogP contribution in [0.2, 0.25) is 0 Å². The van der Waals surface area contributed by atoms with E-state index in [1.54, 1.807) is 17.9 Å². The molecule has 2 rings (SSSR count). The molecule has 0 radical (unpaired) electrons.